The predicted octanol–water partition coefficient (Wildman–Crippen LogP) is 3.01. The second-order valence-corrected chi connectivity index (χ2v) is 7.15. The van der Waals surface area contributed by atoms with Crippen LogP contribution >= 0.6 is 11.6 Å². The van der Waals surface area contributed by atoms with E-state index in [4.69, 9.17) is 17.3 Å². The second kappa shape index (κ2) is 7.13. The van der Waals surface area contributed by atoms with E-state index in [1.807, 2.05) is 27.0 Å². The van der Waals surface area contributed by atoms with Gasteiger partial charge in [-0.1, -0.05) is 25.4 Å². The largest absolute Gasteiger partial charge is 0.351 e. The van der Waals surface area contributed by atoms with Gasteiger partial charge in [-0.25, -0.2) is 19.3 Å². The van der Waals surface area contributed by atoms with Crippen LogP contribution in [0.3, 0.4) is 0 Å². The maximum absolute atomic E-state index is 12.4. The molecule has 0 aromatic carbocycles. The number of aryl methyl sites for hydroxylation is 1. The van der Waals surface area contributed by atoms with Crippen LogP contribution in [0.1, 0.15) is 31.0 Å². The Balaban J connectivity index is 1.88. The van der Waals surface area contributed by atoms with Crippen LogP contribution < -0.4 is 10.6 Å². The molecule has 0 aliphatic rings. The first-order chi connectivity index (χ1) is 13.9. The molecule has 0 saturated carbocycles. The number of imidazole rings is 1. The monoisotopic (exact) mass is 411 g/mol. The molecule has 0 aliphatic heterocycles. The van der Waals surface area contributed by atoms with Crippen molar-refractivity contribution in [1.29, 1.82) is 0 Å². The normalized spacial score (nSPS) is 11.3. The van der Waals surface area contributed by atoms with E-state index in [1.54, 1.807) is 16.8 Å². The number of nitrogens with two attached hydrogens (primary N) is 1. The first kappa shape index (κ1) is 18.8. The highest BCUT2D eigenvalue weighted by Gasteiger charge is 2.25. The fourth-order valence-corrected chi connectivity index (χ4v) is 3.43. The Morgan fingerprint density at radius 1 is 1.21 bits per heavy atom. The average Bonchev–Trinajstić information content (AvgIpc) is 3.30. The zero-order valence-electron chi connectivity index (χ0n) is 16.0. The van der Waals surface area contributed by atoms with Gasteiger partial charge in [-0.3, -0.25) is 4.90 Å². The van der Waals surface area contributed by atoms with Gasteiger partial charge >= 0.3 is 6.03 Å². The number of fused-ring (bicyclic) bond motifs is 1. The second-order valence-electron chi connectivity index (χ2n) is 6.74. The Bertz CT molecular complexity index is 1200. The number of urea groups is 1. The quantitative estimate of drug-likeness (QED) is 0.551. The molecule has 10 nitrogen and oxygen atoms in total. The van der Waals surface area contributed by atoms with Crippen molar-refractivity contribution in [2.24, 2.45) is 5.73 Å². The van der Waals surface area contributed by atoms with E-state index in [9.17, 15) is 4.79 Å². The minimum absolute atomic E-state index is 0.0510. The Kier molecular flexibility index (Phi) is 4.63. The number of halogens is 1. The van der Waals surface area contributed by atoms with Crippen molar-refractivity contribution in [3.8, 4) is 5.82 Å². The number of carbonyl (C=O) groups is 1. The molecular formula is C18H18ClN9O. The Morgan fingerprint density at radius 2 is 1.93 bits per heavy atom. The summed E-state index contributed by atoms with van der Waals surface area (Å²) in [5.41, 5.74) is 8.97. The Labute approximate surface area is 170 Å². The van der Waals surface area contributed by atoms with E-state index in [0.29, 0.717) is 22.8 Å². The van der Waals surface area contributed by atoms with E-state index in [0.717, 1.165) is 11.3 Å². The smallest absolute Gasteiger partial charge is 0.324 e. The number of pyridine rings is 1. The van der Waals surface area contributed by atoms with Crippen molar-refractivity contribution >= 4 is 34.7 Å². The minimum Gasteiger partial charge on any atom is -0.351 e. The number of nitrogens with zero attached hydrogens (tertiary/aromatic N) is 8. The fraction of sp³-hybridized carbons (Fsp3) is 0.222. The molecule has 4 aromatic rings. The van der Waals surface area contributed by atoms with Crippen molar-refractivity contribution in [1.82, 2.24) is 34.6 Å². The summed E-state index contributed by atoms with van der Waals surface area (Å²) in [4.78, 5) is 23.9. The molecule has 0 bridgehead atoms. The summed E-state index contributed by atoms with van der Waals surface area (Å²) < 4.78 is 1.69. The molecule has 148 valence electrons. The zero-order valence-corrected chi connectivity index (χ0v) is 16.7. The van der Waals surface area contributed by atoms with Crippen molar-refractivity contribution < 1.29 is 4.79 Å². The van der Waals surface area contributed by atoms with E-state index < -0.39 is 6.03 Å². The molecule has 2 N–H and O–H groups in total. The van der Waals surface area contributed by atoms with Gasteiger partial charge in [0.2, 0.25) is 0 Å². The van der Waals surface area contributed by atoms with Crippen LogP contribution in [0.25, 0.3) is 11.5 Å². The summed E-state index contributed by atoms with van der Waals surface area (Å²) in [7, 11) is 0. The zero-order chi connectivity index (χ0) is 20.7. The van der Waals surface area contributed by atoms with Gasteiger partial charge in [0.25, 0.3) is 0 Å². The molecule has 0 unspecified atom stereocenters. The van der Waals surface area contributed by atoms with Crippen LogP contribution in [-0.4, -0.2) is 40.6 Å². The van der Waals surface area contributed by atoms with E-state index in [1.165, 1.54) is 28.3 Å². The molecular weight excluding hydrogens is 394 g/mol. The lowest BCUT2D eigenvalue weighted by Crippen LogP contribution is -2.33. The van der Waals surface area contributed by atoms with Gasteiger partial charge in [0.15, 0.2) is 11.5 Å². The summed E-state index contributed by atoms with van der Waals surface area (Å²) in [6.07, 6.45) is 7.93. The molecule has 29 heavy (non-hydrogen) atoms. The third-order valence-corrected chi connectivity index (χ3v) is 4.62. The molecule has 4 rings (SSSR count). The molecule has 0 atom stereocenters. The van der Waals surface area contributed by atoms with Gasteiger partial charge in [0.1, 0.15) is 0 Å². The SMILES string of the molecule is Cc1cn2ncc(N(C(N)=O)c3cnc(-n4nccn4)c(Cl)c3)c(C(C)C)c2n1. The predicted molar refractivity (Wildman–Crippen MR) is 108 cm³/mol. The Morgan fingerprint density at radius 3 is 2.55 bits per heavy atom. The van der Waals surface area contributed by atoms with Crippen molar-refractivity contribution in [3.63, 3.8) is 0 Å². The van der Waals surface area contributed by atoms with E-state index in [-0.39, 0.29) is 10.9 Å². The summed E-state index contributed by atoms with van der Waals surface area (Å²) in [6.45, 7) is 5.91. The summed E-state index contributed by atoms with van der Waals surface area (Å²) in [5, 5.41) is 12.7. The van der Waals surface area contributed by atoms with E-state index >= 15 is 0 Å². The van der Waals surface area contributed by atoms with Gasteiger partial charge < -0.3 is 5.73 Å². The fourth-order valence-electron chi connectivity index (χ4n) is 3.19. The van der Waals surface area contributed by atoms with Crippen LogP contribution in [0.4, 0.5) is 16.2 Å². The molecule has 4 aromatic heterocycles. The topological polar surface area (TPSA) is 120 Å². The first-order valence-electron chi connectivity index (χ1n) is 8.83. The van der Waals surface area contributed by atoms with Gasteiger partial charge in [-0.2, -0.15) is 15.3 Å². The average molecular weight is 412 g/mol. The molecule has 2 amide bonds. The lowest BCUT2D eigenvalue weighted by Gasteiger charge is -2.24. The Hall–Kier alpha value is -3.53. The highest BCUT2D eigenvalue weighted by Crippen LogP contribution is 2.35. The minimum atomic E-state index is -0.691. The molecule has 0 spiro atoms. The third kappa shape index (κ3) is 3.27. The maximum Gasteiger partial charge on any atom is 0.324 e. The van der Waals surface area contributed by atoms with E-state index in [2.05, 4.69) is 25.3 Å². The summed E-state index contributed by atoms with van der Waals surface area (Å²) in [5.74, 6) is 0.390. The third-order valence-electron chi connectivity index (χ3n) is 4.34. The van der Waals surface area contributed by atoms with Crippen LogP contribution in [0, 0.1) is 6.92 Å². The number of amides is 2. The number of hydrogen-bond donors (Lipinski definition) is 1. The number of aromatic nitrogens is 7. The molecule has 11 heteroatoms. The number of anilines is 2. The summed E-state index contributed by atoms with van der Waals surface area (Å²) >= 11 is 6.38. The van der Waals surface area contributed by atoms with Crippen LogP contribution in [0.5, 0.6) is 0 Å². The standard InChI is InChI=1S/C18H18ClN9O/c1-10(2)15-14(8-24-26-9-11(3)25-17(15)26)27(18(20)29)12-6-13(19)16(21-7-12)28-22-4-5-23-28/h4-10H,1-3H3,(H2,20,29). The van der Waals surface area contributed by atoms with Gasteiger partial charge in [0, 0.05) is 5.56 Å². The molecule has 0 saturated heterocycles. The first-order valence-corrected chi connectivity index (χ1v) is 9.21. The van der Waals surface area contributed by atoms with Gasteiger partial charge in [-0.05, 0) is 18.9 Å². The van der Waals surface area contributed by atoms with Crippen LogP contribution in [0.2, 0.25) is 5.02 Å². The number of hydrogen-bond acceptors (Lipinski definition) is 6. The number of primary amides is 1. The lowest BCUT2D eigenvalue weighted by atomic mass is 10.0. The van der Waals surface area contributed by atoms with Crippen molar-refractivity contribution in [2.45, 2.75) is 26.7 Å². The van der Waals surface area contributed by atoms with Gasteiger partial charge in [-0.15, -0.1) is 4.80 Å². The van der Waals surface area contributed by atoms with Crippen LogP contribution in [0.15, 0.2) is 37.1 Å². The van der Waals surface area contributed by atoms with Crippen molar-refractivity contribution in [3.05, 3.63) is 53.3 Å². The molecule has 0 fully saturated rings. The van der Waals surface area contributed by atoms with Crippen molar-refractivity contribution in [2.75, 3.05) is 4.90 Å². The highest BCUT2D eigenvalue weighted by atomic mass is 35.5. The van der Waals surface area contributed by atoms with Crippen LogP contribution in [-0.2, 0) is 0 Å². The molecule has 0 aliphatic carbocycles. The lowest BCUT2D eigenvalue weighted by molar-refractivity contribution is 0.256. The highest BCUT2D eigenvalue weighted by molar-refractivity contribution is 6.32. The molecule has 0 radical (unpaired) electrons. The number of carbonyl (C=O) groups excluding carboxylic acids is 1. The maximum atomic E-state index is 12.4. The summed E-state index contributed by atoms with van der Waals surface area (Å²) in [6, 6.07) is 0.896. The van der Waals surface area contributed by atoms with Gasteiger partial charge in [0.05, 0.1) is 53.1 Å². The molecule has 4 heterocycles. The number of rotatable bonds is 4.